The van der Waals surface area contributed by atoms with Gasteiger partial charge in [-0.15, -0.1) is 0 Å². The lowest BCUT2D eigenvalue weighted by atomic mass is 10.1. The number of ketones is 1. The Hall–Kier alpha value is -3.85. The van der Waals surface area contributed by atoms with Gasteiger partial charge in [0.1, 0.15) is 11.5 Å². The molecule has 1 amide bonds. The number of Topliss-reactive ketones (excluding diaryl/α,β-unsaturated/α-hetero) is 1. The Labute approximate surface area is 205 Å². The van der Waals surface area contributed by atoms with Crippen LogP contribution in [0.4, 0.5) is 11.4 Å². The number of sulfonamides is 1. The molecule has 8 nitrogen and oxygen atoms in total. The van der Waals surface area contributed by atoms with Gasteiger partial charge in [0.15, 0.2) is 5.78 Å². The van der Waals surface area contributed by atoms with Crippen molar-refractivity contribution < 1.29 is 27.5 Å². The molecule has 2 N–H and O–H groups in total. The first-order valence-corrected chi connectivity index (χ1v) is 12.5. The molecule has 0 spiro atoms. The molecule has 9 heteroatoms. The first-order chi connectivity index (χ1) is 16.7. The van der Waals surface area contributed by atoms with E-state index in [0.717, 1.165) is 0 Å². The lowest BCUT2D eigenvalue weighted by Gasteiger charge is -2.14. The van der Waals surface area contributed by atoms with Gasteiger partial charge < -0.3 is 14.8 Å². The molecule has 0 aliphatic carbocycles. The molecular weight excluding hydrogens is 468 g/mol. The molecule has 0 aromatic heterocycles. The minimum atomic E-state index is -3.95. The second-order valence-corrected chi connectivity index (χ2v) is 9.37. The number of amides is 1. The number of anilines is 2. The van der Waals surface area contributed by atoms with E-state index < -0.39 is 15.9 Å². The van der Waals surface area contributed by atoms with Crippen LogP contribution in [0.15, 0.2) is 71.6 Å². The monoisotopic (exact) mass is 496 g/mol. The third kappa shape index (κ3) is 6.83. The number of benzene rings is 3. The zero-order valence-corrected chi connectivity index (χ0v) is 20.6. The quantitative estimate of drug-likeness (QED) is 0.369. The molecule has 35 heavy (non-hydrogen) atoms. The Morgan fingerprint density at radius 1 is 0.943 bits per heavy atom. The molecule has 3 rings (SSSR count). The standard InChI is InChI=1S/C26H28N2O6S/c1-4-34-21-13-10-19(11-14-21)23(29)15-16-26(30)27-20-12-9-18(2)25(17-20)35(31,32)28-22-7-5-6-8-24(22)33-3/h5-14,17,28H,4,15-16H2,1-3H3,(H,27,30). The van der Waals surface area contributed by atoms with Crippen molar-refractivity contribution >= 4 is 33.1 Å². The summed E-state index contributed by atoms with van der Waals surface area (Å²) in [6, 6.07) is 18.0. The predicted octanol–water partition coefficient (Wildman–Crippen LogP) is 4.80. The lowest BCUT2D eigenvalue weighted by molar-refractivity contribution is -0.116. The van der Waals surface area contributed by atoms with Crippen molar-refractivity contribution in [1.29, 1.82) is 0 Å². The number of nitrogens with one attached hydrogen (secondary N) is 2. The van der Waals surface area contributed by atoms with Gasteiger partial charge in [-0.25, -0.2) is 8.42 Å². The zero-order chi connectivity index (χ0) is 25.4. The van der Waals surface area contributed by atoms with Gasteiger partial charge in [-0.05, 0) is 67.9 Å². The molecule has 0 aliphatic heterocycles. The van der Waals surface area contributed by atoms with Crippen LogP contribution in [0, 0.1) is 6.92 Å². The number of carbonyl (C=O) groups excluding carboxylic acids is 2. The number of aryl methyl sites for hydroxylation is 1. The summed E-state index contributed by atoms with van der Waals surface area (Å²) in [5.74, 6) is 0.494. The van der Waals surface area contributed by atoms with E-state index in [1.165, 1.54) is 13.2 Å². The van der Waals surface area contributed by atoms with E-state index in [2.05, 4.69) is 10.0 Å². The summed E-state index contributed by atoms with van der Waals surface area (Å²) in [7, 11) is -2.50. The van der Waals surface area contributed by atoms with Gasteiger partial charge in [0.2, 0.25) is 5.91 Å². The molecular formula is C26H28N2O6S. The fraction of sp³-hybridized carbons (Fsp3) is 0.231. The van der Waals surface area contributed by atoms with Crippen LogP contribution in [0.1, 0.15) is 35.7 Å². The van der Waals surface area contributed by atoms with E-state index in [1.54, 1.807) is 67.6 Å². The highest BCUT2D eigenvalue weighted by atomic mass is 32.2. The molecule has 0 heterocycles. The van der Waals surface area contributed by atoms with Gasteiger partial charge in [-0.1, -0.05) is 18.2 Å². The van der Waals surface area contributed by atoms with E-state index in [0.29, 0.717) is 40.6 Å². The van der Waals surface area contributed by atoms with Crippen LogP contribution >= 0.6 is 0 Å². The average Bonchev–Trinajstić information content (AvgIpc) is 2.84. The van der Waals surface area contributed by atoms with Gasteiger partial charge in [-0.3, -0.25) is 14.3 Å². The molecule has 0 saturated heterocycles. The van der Waals surface area contributed by atoms with Crippen LogP contribution in [-0.4, -0.2) is 33.8 Å². The Morgan fingerprint density at radius 3 is 2.34 bits per heavy atom. The Balaban J connectivity index is 1.65. The second-order valence-electron chi connectivity index (χ2n) is 7.71. The molecule has 0 atom stereocenters. The smallest absolute Gasteiger partial charge is 0.262 e. The molecule has 0 bridgehead atoms. The minimum absolute atomic E-state index is 0.0200. The van der Waals surface area contributed by atoms with E-state index in [9.17, 15) is 18.0 Å². The molecule has 0 unspecified atom stereocenters. The highest BCUT2D eigenvalue weighted by molar-refractivity contribution is 7.92. The van der Waals surface area contributed by atoms with E-state index >= 15 is 0 Å². The predicted molar refractivity (Wildman–Crippen MR) is 135 cm³/mol. The largest absolute Gasteiger partial charge is 0.495 e. The fourth-order valence-corrected chi connectivity index (χ4v) is 4.74. The Kier molecular flexibility index (Phi) is 8.48. The fourth-order valence-electron chi connectivity index (χ4n) is 3.39. The van der Waals surface area contributed by atoms with Crippen LogP contribution < -0.4 is 19.5 Å². The minimum Gasteiger partial charge on any atom is -0.495 e. The van der Waals surface area contributed by atoms with Crippen molar-refractivity contribution in [2.45, 2.75) is 31.6 Å². The van der Waals surface area contributed by atoms with Crippen LogP contribution in [0.5, 0.6) is 11.5 Å². The number of carbonyl (C=O) groups is 2. The van der Waals surface area contributed by atoms with Gasteiger partial charge in [0.25, 0.3) is 10.0 Å². The number of methoxy groups -OCH3 is 1. The topological polar surface area (TPSA) is 111 Å². The number of ether oxygens (including phenoxy) is 2. The highest BCUT2D eigenvalue weighted by Crippen LogP contribution is 2.28. The first-order valence-electron chi connectivity index (χ1n) is 11.1. The van der Waals surface area contributed by atoms with E-state index in [4.69, 9.17) is 9.47 Å². The SMILES string of the molecule is CCOc1ccc(C(=O)CCC(=O)Nc2ccc(C)c(S(=O)(=O)Nc3ccccc3OC)c2)cc1. The summed E-state index contributed by atoms with van der Waals surface area (Å²) >= 11 is 0. The molecule has 3 aromatic rings. The van der Waals surface area contributed by atoms with Crippen LogP contribution in [0.25, 0.3) is 0 Å². The molecule has 0 aliphatic rings. The van der Waals surface area contributed by atoms with Crippen LogP contribution in [0.2, 0.25) is 0 Å². The third-order valence-electron chi connectivity index (χ3n) is 5.18. The van der Waals surface area contributed by atoms with Gasteiger partial charge in [0.05, 0.1) is 24.3 Å². The maximum absolute atomic E-state index is 13.0. The van der Waals surface area contributed by atoms with E-state index in [1.807, 2.05) is 6.92 Å². The summed E-state index contributed by atoms with van der Waals surface area (Å²) in [5.41, 5.74) is 1.62. The summed E-state index contributed by atoms with van der Waals surface area (Å²) < 4.78 is 39.2. The first kappa shape index (κ1) is 25.8. The Morgan fingerprint density at radius 2 is 1.66 bits per heavy atom. The second kappa shape index (κ2) is 11.5. The number of hydrogen-bond acceptors (Lipinski definition) is 6. The maximum Gasteiger partial charge on any atom is 0.262 e. The summed E-state index contributed by atoms with van der Waals surface area (Å²) in [6.07, 6.45) is -0.0202. The van der Waals surface area contributed by atoms with Crippen LogP contribution in [0.3, 0.4) is 0 Å². The molecule has 0 saturated carbocycles. The van der Waals surface area contributed by atoms with Crippen molar-refractivity contribution in [2.75, 3.05) is 23.8 Å². The average molecular weight is 497 g/mol. The third-order valence-corrected chi connectivity index (χ3v) is 6.69. The van der Waals surface area contributed by atoms with Crippen molar-refractivity contribution in [3.05, 3.63) is 77.9 Å². The zero-order valence-electron chi connectivity index (χ0n) is 19.8. The maximum atomic E-state index is 13.0. The summed E-state index contributed by atoms with van der Waals surface area (Å²) in [6.45, 7) is 4.07. The van der Waals surface area contributed by atoms with Gasteiger partial charge >= 0.3 is 0 Å². The van der Waals surface area contributed by atoms with Gasteiger partial charge in [-0.2, -0.15) is 0 Å². The Bertz CT molecular complexity index is 1300. The molecule has 0 radical (unpaired) electrons. The molecule has 0 fully saturated rings. The lowest BCUT2D eigenvalue weighted by Crippen LogP contribution is -2.17. The molecule has 184 valence electrons. The van der Waals surface area contributed by atoms with Crippen LogP contribution in [-0.2, 0) is 14.8 Å². The summed E-state index contributed by atoms with van der Waals surface area (Å²) in [5, 5.41) is 2.67. The highest BCUT2D eigenvalue weighted by Gasteiger charge is 2.20. The van der Waals surface area contributed by atoms with E-state index in [-0.39, 0.29) is 23.5 Å². The number of rotatable bonds is 11. The van der Waals surface area contributed by atoms with Crippen molar-refractivity contribution in [1.82, 2.24) is 0 Å². The summed E-state index contributed by atoms with van der Waals surface area (Å²) in [4.78, 5) is 24.9. The molecule has 3 aromatic carbocycles. The normalized spacial score (nSPS) is 10.9. The van der Waals surface area contributed by atoms with Crippen molar-refractivity contribution in [3.8, 4) is 11.5 Å². The van der Waals surface area contributed by atoms with Crippen molar-refractivity contribution in [3.63, 3.8) is 0 Å². The van der Waals surface area contributed by atoms with Gasteiger partial charge in [0, 0.05) is 24.1 Å². The number of para-hydroxylation sites is 2. The number of hydrogen-bond donors (Lipinski definition) is 2. The van der Waals surface area contributed by atoms with Crippen molar-refractivity contribution in [2.24, 2.45) is 0 Å².